The van der Waals surface area contributed by atoms with E-state index in [4.69, 9.17) is 5.26 Å². The Morgan fingerprint density at radius 2 is 1.38 bits per heavy atom. The fourth-order valence-electron chi connectivity index (χ4n) is 4.34. The van der Waals surface area contributed by atoms with E-state index >= 15 is 4.39 Å². The molecule has 1 nitrogen and oxygen atoms in total. The maximum absolute atomic E-state index is 15.4. The van der Waals surface area contributed by atoms with E-state index in [2.05, 4.69) is 13.0 Å². The van der Waals surface area contributed by atoms with Crippen LogP contribution >= 0.6 is 0 Å². The molecule has 4 rings (SSSR count). The first-order valence-corrected chi connectivity index (χ1v) is 11.7. The first-order chi connectivity index (χ1) is 16.5. The molecular formula is C30H26F3N. The van der Waals surface area contributed by atoms with Gasteiger partial charge in [-0.1, -0.05) is 87.2 Å². The number of fused-ring (bicyclic) bond motifs is 1. The van der Waals surface area contributed by atoms with Gasteiger partial charge in [0.2, 0.25) is 0 Å². The van der Waals surface area contributed by atoms with Gasteiger partial charge in [-0.15, -0.1) is 0 Å². The van der Waals surface area contributed by atoms with Gasteiger partial charge < -0.3 is 0 Å². The Morgan fingerprint density at radius 1 is 0.706 bits per heavy atom. The van der Waals surface area contributed by atoms with Gasteiger partial charge in [-0.3, -0.25) is 0 Å². The van der Waals surface area contributed by atoms with Crippen molar-refractivity contribution in [1.29, 1.82) is 5.26 Å². The number of aryl methyl sites for hydroxylation is 1. The van der Waals surface area contributed by atoms with Crippen LogP contribution in [0.5, 0.6) is 0 Å². The number of halogens is 3. The summed E-state index contributed by atoms with van der Waals surface area (Å²) in [4.78, 5) is 0. The summed E-state index contributed by atoms with van der Waals surface area (Å²) in [6.45, 7) is 2.21. The van der Waals surface area contributed by atoms with Gasteiger partial charge in [0.15, 0.2) is 0 Å². The molecule has 0 aliphatic rings. The van der Waals surface area contributed by atoms with Gasteiger partial charge in [-0.2, -0.15) is 5.26 Å². The van der Waals surface area contributed by atoms with Crippen molar-refractivity contribution in [3.05, 3.63) is 95.3 Å². The predicted octanol–water partition coefficient (Wildman–Crippen LogP) is 8.98. The second-order valence-electron chi connectivity index (χ2n) is 8.65. The molecule has 0 atom stereocenters. The summed E-state index contributed by atoms with van der Waals surface area (Å²) >= 11 is 0. The van der Waals surface area contributed by atoms with Crippen LogP contribution in [-0.2, 0) is 6.42 Å². The zero-order valence-electron chi connectivity index (χ0n) is 19.2. The van der Waals surface area contributed by atoms with Crippen LogP contribution in [0, 0.1) is 28.8 Å². The van der Waals surface area contributed by atoms with Gasteiger partial charge in [0, 0.05) is 10.9 Å². The topological polar surface area (TPSA) is 23.8 Å². The lowest BCUT2D eigenvalue weighted by atomic mass is 9.96. The van der Waals surface area contributed by atoms with Crippen LogP contribution < -0.4 is 0 Å². The van der Waals surface area contributed by atoms with Crippen LogP contribution in [-0.4, -0.2) is 0 Å². The van der Waals surface area contributed by atoms with Gasteiger partial charge in [0.25, 0.3) is 0 Å². The van der Waals surface area contributed by atoms with Crippen molar-refractivity contribution in [3.63, 3.8) is 0 Å². The maximum atomic E-state index is 15.4. The number of nitrogens with zero attached hydrogens (tertiary/aromatic N) is 1. The summed E-state index contributed by atoms with van der Waals surface area (Å²) in [6, 6.07) is 20.3. The number of benzene rings is 4. The van der Waals surface area contributed by atoms with Crippen molar-refractivity contribution in [3.8, 4) is 28.3 Å². The Kier molecular flexibility index (Phi) is 7.33. The molecule has 0 fully saturated rings. The third kappa shape index (κ3) is 4.99. The van der Waals surface area contributed by atoms with Gasteiger partial charge >= 0.3 is 0 Å². The summed E-state index contributed by atoms with van der Waals surface area (Å²) in [5, 5.41) is 10.3. The van der Waals surface area contributed by atoms with Crippen LogP contribution in [0.4, 0.5) is 13.2 Å². The average molecular weight is 458 g/mol. The molecule has 0 aliphatic carbocycles. The zero-order chi connectivity index (χ0) is 24.1. The Labute approximate surface area is 198 Å². The molecule has 34 heavy (non-hydrogen) atoms. The second kappa shape index (κ2) is 10.6. The second-order valence-corrected chi connectivity index (χ2v) is 8.65. The van der Waals surface area contributed by atoms with Crippen LogP contribution in [0.3, 0.4) is 0 Å². The minimum atomic E-state index is -0.900. The highest BCUT2D eigenvalue weighted by Crippen LogP contribution is 2.32. The quantitative estimate of drug-likeness (QED) is 0.242. The molecule has 0 N–H and O–H groups in total. The van der Waals surface area contributed by atoms with Crippen molar-refractivity contribution in [2.24, 2.45) is 0 Å². The smallest absolute Gasteiger partial charge is 0.144 e. The van der Waals surface area contributed by atoms with E-state index in [1.807, 2.05) is 18.2 Å². The first kappa shape index (κ1) is 23.6. The molecule has 0 spiro atoms. The third-order valence-corrected chi connectivity index (χ3v) is 6.27. The van der Waals surface area contributed by atoms with Crippen LogP contribution in [0.2, 0.25) is 0 Å². The summed E-state index contributed by atoms with van der Waals surface area (Å²) in [5.41, 5.74) is 2.68. The zero-order valence-corrected chi connectivity index (χ0v) is 19.2. The number of hydrogen-bond donors (Lipinski definition) is 0. The SMILES string of the molecule is CCCCCCCc1ccc2c(F)c(-c3ccc(-c4cc(F)c(C#N)c(F)c4)cc3)ccc2c1. The van der Waals surface area contributed by atoms with E-state index in [-0.39, 0.29) is 5.82 Å². The minimum absolute atomic E-state index is 0.282. The molecule has 0 saturated carbocycles. The molecule has 0 bridgehead atoms. The van der Waals surface area contributed by atoms with E-state index in [0.29, 0.717) is 27.6 Å². The fraction of sp³-hybridized carbons (Fsp3) is 0.233. The summed E-state index contributed by atoms with van der Waals surface area (Å²) < 4.78 is 43.3. The van der Waals surface area contributed by atoms with E-state index in [9.17, 15) is 8.78 Å². The molecule has 0 heterocycles. The summed E-state index contributed by atoms with van der Waals surface area (Å²) in [7, 11) is 0. The highest BCUT2D eigenvalue weighted by molar-refractivity contribution is 5.89. The molecular weight excluding hydrogens is 431 g/mol. The molecule has 0 aromatic heterocycles. The Balaban J connectivity index is 1.56. The van der Waals surface area contributed by atoms with Crippen LogP contribution in [0.25, 0.3) is 33.0 Å². The van der Waals surface area contributed by atoms with Gasteiger partial charge in [0.1, 0.15) is 29.1 Å². The van der Waals surface area contributed by atoms with Crippen LogP contribution in [0.1, 0.15) is 50.2 Å². The molecule has 4 aromatic carbocycles. The van der Waals surface area contributed by atoms with Crippen molar-refractivity contribution < 1.29 is 13.2 Å². The van der Waals surface area contributed by atoms with Gasteiger partial charge in [-0.05, 0) is 52.6 Å². The number of hydrogen-bond acceptors (Lipinski definition) is 1. The number of rotatable bonds is 8. The molecule has 0 saturated heterocycles. The molecule has 4 aromatic rings. The largest absolute Gasteiger partial charge is 0.206 e. The highest BCUT2D eigenvalue weighted by Gasteiger charge is 2.13. The van der Waals surface area contributed by atoms with E-state index in [1.54, 1.807) is 30.3 Å². The summed E-state index contributed by atoms with van der Waals surface area (Å²) in [6.07, 6.45) is 7.13. The number of nitriles is 1. The third-order valence-electron chi connectivity index (χ3n) is 6.27. The fourth-order valence-corrected chi connectivity index (χ4v) is 4.34. The molecule has 0 unspecified atom stereocenters. The lowest BCUT2D eigenvalue weighted by Gasteiger charge is -2.10. The lowest BCUT2D eigenvalue weighted by molar-refractivity contribution is 0.577. The lowest BCUT2D eigenvalue weighted by Crippen LogP contribution is -1.92. The first-order valence-electron chi connectivity index (χ1n) is 11.7. The Morgan fingerprint density at radius 3 is 2.06 bits per heavy atom. The van der Waals surface area contributed by atoms with Crippen molar-refractivity contribution in [2.75, 3.05) is 0 Å². The van der Waals surface area contributed by atoms with Crippen molar-refractivity contribution >= 4 is 10.8 Å². The normalized spacial score (nSPS) is 11.0. The number of unbranched alkanes of at least 4 members (excludes halogenated alkanes) is 4. The van der Waals surface area contributed by atoms with E-state index in [0.717, 1.165) is 30.4 Å². The maximum Gasteiger partial charge on any atom is 0.144 e. The molecule has 0 radical (unpaired) electrons. The van der Waals surface area contributed by atoms with E-state index in [1.165, 1.54) is 37.3 Å². The average Bonchev–Trinajstić information content (AvgIpc) is 2.84. The van der Waals surface area contributed by atoms with Crippen molar-refractivity contribution in [2.45, 2.75) is 45.4 Å². The van der Waals surface area contributed by atoms with Crippen molar-refractivity contribution in [1.82, 2.24) is 0 Å². The molecule has 0 amide bonds. The highest BCUT2D eigenvalue weighted by atomic mass is 19.1. The molecule has 172 valence electrons. The summed E-state index contributed by atoms with van der Waals surface area (Å²) in [5.74, 6) is -2.08. The molecule has 0 aliphatic heterocycles. The Hall–Kier alpha value is -3.58. The van der Waals surface area contributed by atoms with Crippen LogP contribution in [0.15, 0.2) is 66.7 Å². The van der Waals surface area contributed by atoms with Gasteiger partial charge in [0.05, 0.1) is 0 Å². The monoisotopic (exact) mass is 457 g/mol. The van der Waals surface area contributed by atoms with Gasteiger partial charge in [-0.25, -0.2) is 13.2 Å². The standard InChI is InChI=1S/C30H26F3N/c1-2-3-4-5-6-7-20-8-14-26-23(16-20)13-15-25(30(26)33)22-11-9-21(10-12-22)24-17-28(31)27(19-34)29(32)18-24/h8-18H,2-7H2,1H3. The van der Waals surface area contributed by atoms with E-state index < -0.39 is 17.2 Å². The predicted molar refractivity (Wildman–Crippen MR) is 132 cm³/mol. The Bertz CT molecular complexity index is 1330. The molecule has 4 heteroatoms. The minimum Gasteiger partial charge on any atom is -0.206 e.